The lowest BCUT2D eigenvalue weighted by Gasteiger charge is -2.11. The van der Waals surface area contributed by atoms with E-state index in [4.69, 9.17) is 10.00 Å². The van der Waals surface area contributed by atoms with Gasteiger partial charge in [0.15, 0.2) is 0 Å². The first-order valence-corrected chi connectivity index (χ1v) is 8.66. The minimum Gasteiger partial charge on any atom is -0.494 e. The Morgan fingerprint density at radius 2 is 1.87 bits per heavy atom. The molecular weight excluding hydrogens is 312 g/mol. The summed E-state index contributed by atoms with van der Waals surface area (Å²) in [6.07, 6.45) is 0.297. The maximum absolute atomic E-state index is 12.4. The Hall–Kier alpha value is -2.52. The van der Waals surface area contributed by atoms with Crippen molar-refractivity contribution in [1.82, 2.24) is 0 Å². The summed E-state index contributed by atoms with van der Waals surface area (Å²) in [5.41, 5.74) is 2.06. The molecular formula is C17H18N2O3S. The third-order valence-electron chi connectivity index (χ3n) is 3.25. The van der Waals surface area contributed by atoms with E-state index in [1.165, 1.54) is 6.07 Å². The second-order valence-electron chi connectivity index (χ2n) is 5.00. The van der Waals surface area contributed by atoms with Gasteiger partial charge in [-0.1, -0.05) is 12.1 Å². The van der Waals surface area contributed by atoms with Crippen molar-refractivity contribution in [1.29, 1.82) is 5.26 Å². The first-order chi connectivity index (χ1) is 11.0. The first-order valence-electron chi connectivity index (χ1n) is 7.18. The van der Waals surface area contributed by atoms with E-state index in [-0.39, 0.29) is 4.90 Å². The van der Waals surface area contributed by atoms with Gasteiger partial charge in [0, 0.05) is 5.69 Å². The number of anilines is 1. The quantitative estimate of drug-likeness (QED) is 0.881. The Kier molecular flexibility index (Phi) is 5.24. The lowest BCUT2D eigenvalue weighted by atomic mass is 10.1. The number of hydrogen-bond acceptors (Lipinski definition) is 4. The molecule has 0 heterocycles. The van der Waals surface area contributed by atoms with E-state index >= 15 is 0 Å². The highest BCUT2D eigenvalue weighted by molar-refractivity contribution is 7.92. The number of sulfonamides is 1. The molecule has 2 aromatic carbocycles. The number of aryl methyl sites for hydroxylation is 1. The largest absolute Gasteiger partial charge is 0.494 e. The maximum Gasteiger partial charge on any atom is 0.261 e. The van der Waals surface area contributed by atoms with Gasteiger partial charge in [-0.15, -0.1) is 0 Å². The summed E-state index contributed by atoms with van der Waals surface area (Å²) in [5, 5.41) is 8.64. The molecule has 0 aliphatic rings. The van der Waals surface area contributed by atoms with Crippen molar-refractivity contribution < 1.29 is 13.2 Å². The molecule has 2 aromatic rings. The normalized spacial score (nSPS) is 10.8. The van der Waals surface area contributed by atoms with Gasteiger partial charge in [0.2, 0.25) is 0 Å². The van der Waals surface area contributed by atoms with Crippen LogP contribution in [0.1, 0.15) is 18.1 Å². The number of benzene rings is 2. The van der Waals surface area contributed by atoms with E-state index in [1.807, 2.05) is 13.0 Å². The van der Waals surface area contributed by atoms with Crippen molar-refractivity contribution in [3.8, 4) is 11.8 Å². The molecule has 2 rings (SSSR count). The summed E-state index contributed by atoms with van der Waals surface area (Å²) in [4.78, 5) is 0.180. The molecule has 120 valence electrons. The smallest absolute Gasteiger partial charge is 0.261 e. The van der Waals surface area contributed by atoms with Crippen LogP contribution in [0.3, 0.4) is 0 Å². The number of nitrogens with one attached hydrogen (secondary N) is 1. The highest BCUT2D eigenvalue weighted by atomic mass is 32.2. The Bertz CT molecular complexity index is 822. The molecule has 0 spiro atoms. The van der Waals surface area contributed by atoms with Crippen LogP contribution in [0.2, 0.25) is 0 Å². The predicted molar refractivity (Wildman–Crippen MR) is 88.9 cm³/mol. The molecule has 0 radical (unpaired) electrons. The van der Waals surface area contributed by atoms with Crippen LogP contribution >= 0.6 is 0 Å². The fourth-order valence-corrected chi connectivity index (χ4v) is 3.25. The summed E-state index contributed by atoms with van der Waals surface area (Å²) >= 11 is 0. The Morgan fingerprint density at radius 1 is 1.17 bits per heavy atom. The molecule has 0 aliphatic heterocycles. The van der Waals surface area contributed by atoms with Gasteiger partial charge in [-0.05, 0) is 55.3 Å². The molecule has 1 N–H and O–H groups in total. The van der Waals surface area contributed by atoms with Crippen LogP contribution in [0.25, 0.3) is 0 Å². The molecule has 0 unspecified atom stereocenters. The molecule has 0 saturated carbocycles. The van der Waals surface area contributed by atoms with E-state index in [9.17, 15) is 8.42 Å². The van der Waals surface area contributed by atoms with Crippen molar-refractivity contribution in [2.24, 2.45) is 0 Å². The topological polar surface area (TPSA) is 79.2 Å². The fourth-order valence-electron chi connectivity index (χ4n) is 2.10. The predicted octanol–water partition coefficient (Wildman–Crippen LogP) is 3.26. The minimum absolute atomic E-state index is 0.180. The van der Waals surface area contributed by atoms with Crippen molar-refractivity contribution in [2.75, 3.05) is 11.3 Å². The lowest BCUT2D eigenvalue weighted by molar-refractivity contribution is 0.337. The average molecular weight is 330 g/mol. The van der Waals surface area contributed by atoms with Crippen LogP contribution in [-0.4, -0.2) is 15.0 Å². The van der Waals surface area contributed by atoms with Crippen LogP contribution in [-0.2, 0) is 16.4 Å². The van der Waals surface area contributed by atoms with Gasteiger partial charge in [0.25, 0.3) is 10.0 Å². The van der Waals surface area contributed by atoms with E-state index in [0.717, 1.165) is 11.1 Å². The van der Waals surface area contributed by atoms with Crippen LogP contribution in [0.5, 0.6) is 5.75 Å². The van der Waals surface area contributed by atoms with Crippen molar-refractivity contribution in [3.63, 3.8) is 0 Å². The summed E-state index contributed by atoms with van der Waals surface area (Å²) in [6.45, 7) is 4.21. The molecule has 6 heteroatoms. The Morgan fingerprint density at radius 3 is 2.43 bits per heavy atom. The Labute approximate surface area is 136 Å². The number of nitriles is 1. The van der Waals surface area contributed by atoms with E-state index in [0.29, 0.717) is 24.5 Å². The molecule has 0 amide bonds. The number of nitrogens with zero attached hydrogens (tertiary/aromatic N) is 1. The summed E-state index contributed by atoms with van der Waals surface area (Å²) in [7, 11) is -3.66. The van der Waals surface area contributed by atoms with Gasteiger partial charge in [-0.2, -0.15) is 5.26 Å². The maximum atomic E-state index is 12.4. The van der Waals surface area contributed by atoms with Gasteiger partial charge in [0.1, 0.15) is 5.75 Å². The monoisotopic (exact) mass is 330 g/mol. The van der Waals surface area contributed by atoms with Crippen molar-refractivity contribution >= 4 is 15.7 Å². The van der Waals surface area contributed by atoms with E-state index in [1.54, 1.807) is 43.3 Å². The highest BCUT2D eigenvalue weighted by Crippen LogP contribution is 2.23. The van der Waals surface area contributed by atoms with Gasteiger partial charge in [-0.3, -0.25) is 4.72 Å². The van der Waals surface area contributed by atoms with Crippen LogP contribution in [0.15, 0.2) is 47.4 Å². The summed E-state index contributed by atoms with van der Waals surface area (Å²) in [5.74, 6) is 0.673. The van der Waals surface area contributed by atoms with Crippen molar-refractivity contribution in [2.45, 2.75) is 25.2 Å². The first kappa shape index (κ1) is 16.8. The molecule has 0 aliphatic carbocycles. The number of ether oxygens (including phenoxy) is 1. The summed E-state index contributed by atoms with van der Waals surface area (Å²) < 4.78 is 32.8. The fraction of sp³-hybridized carbons (Fsp3) is 0.235. The second-order valence-corrected chi connectivity index (χ2v) is 6.68. The molecule has 5 nitrogen and oxygen atoms in total. The van der Waals surface area contributed by atoms with Gasteiger partial charge in [0.05, 0.1) is 24.0 Å². The summed E-state index contributed by atoms with van der Waals surface area (Å²) in [6, 6.07) is 13.5. The van der Waals surface area contributed by atoms with Crippen molar-refractivity contribution in [3.05, 3.63) is 53.6 Å². The van der Waals surface area contributed by atoms with E-state index < -0.39 is 10.0 Å². The van der Waals surface area contributed by atoms with Crippen LogP contribution in [0.4, 0.5) is 5.69 Å². The molecule has 0 saturated heterocycles. The standard InChI is InChI=1S/C17H18N2O3S/c1-3-22-17-9-8-16(12-13(17)2)23(20,21)19-15-6-4-14(5-7-15)10-11-18/h4-9,12,19H,3,10H2,1-2H3. The lowest BCUT2D eigenvalue weighted by Crippen LogP contribution is -2.13. The SMILES string of the molecule is CCOc1ccc(S(=O)(=O)Nc2ccc(CC#N)cc2)cc1C. The zero-order valence-electron chi connectivity index (χ0n) is 13.0. The molecule has 0 bridgehead atoms. The average Bonchev–Trinajstić information content (AvgIpc) is 2.51. The zero-order valence-corrected chi connectivity index (χ0v) is 13.9. The third kappa shape index (κ3) is 4.24. The second kappa shape index (κ2) is 7.16. The number of rotatable bonds is 6. The number of hydrogen-bond donors (Lipinski definition) is 1. The molecule has 0 fully saturated rings. The zero-order chi connectivity index (χ0) is 16.9. The molecule has 0 atom stereocenters. The van der Waals surface area contributed by atoms with Gasteiger partial charge >= 0.3 is 0 Å². The van der Waals surface area contributed by atoms with E-state index in [2.05, 4.69) is 4.72 Å². The minimum atomic E-state index is -3.66. The van der Waals surface area contributed by atoms with Gasteiger partial charge in [-0.25, -0.2) is 8.42 Å². The molecule has 23 heavy (non-hydrogen) atoms. The molecule has 0 aromatic heterocycles. The highest BCUT2D eigenvalue weighted by Gasteiger charge is 2.15. The van der Waals surface area contributed by atoms with Crippen LogP contribution in [0, 0.1) is 18.3 Å². The van der Waals surface area contributed by atoms with Crippen LogP contribution < -0.4 is 9.46 Å². The third-order valence-corrected chi connectivity index (χ3v) is 4.62. The van der Waals surface area contributed by atoms with Gasteiger partial charge < -0.3 is 4.74 Å². The Balaban J connectivity index is 2.21.